The van der Waals surface area contributed by atoms with E-state index >= 15 is 0 Å². The smallest absolute Gasteiger partial charge is 0.0488 e. The molecule has 0 saturated heterocycles. The molecular weight excluding hydrogens is 396 g/mol. The van der Waals surface area contributed by atoms with E-state index < -0.39 is 0 Å². The molecule has 3 rings (SSSR count). The fourth-order valence-electron chi connectivity index (χ4n) is 3.29. The quantitative estimate of drug-likeness (QED) is 0.446. The highest BCUT2D eigenvalue weighted by atomic mass is 79.9. The van der Waals surface area contributed by atoms with Crippen LogP contribution in [0.5, 0.6) is 0 Å². The third kappa shape index (κ3) is 3.15. The van der Waals surface area contributed by atoms with Gasteiger partial charge in [-0.15, -0.1) is 11.3 Å². The van der Waals surface area contributed by atoms with Gasteiger partial charge in [-0.2, -0.15) is 0 Å². The molecule has 1 aliphatic carbocycles. The standard InChI is InChI=1S/C17H20Br2S/c18-15-10-6-9-13-14(11-20-17(13)15)16(19)12-7-4-2-1-3-5-8-12/h6,9-12,16H,1-5,7-8H2. The van der Waals surface area contributed by atoms with Gasteiger partial charge in [0.25, 0.3) is 0 Å². The molecule has 0 aliphatic heterocycles. The van der Waals surface area contributed by atoms with E-state index in [2.05, 4.69) is 55.4 Å². The van der Waals surface area contributed by atoms with Crippen molar-refractivity contribution in [2.24, 2.45) is 5.92 Å². The molecule has 1 aromatic heterocycles. The third-order valence-corrected chi connectivity index (χ3v) is 7.65. The minimum absolute atomic E-state index is 0.517. The van der Waals surface area contributed by atoms with Crippen molar-refractivity contribution >= 4 is 53.3 Å². The van der Waals surface area contributed by atoms with Crippen molar-refractivity contribution < 1.29 is 0 Å². The van der Waals surface area contributed by atoms with Crippen LogP contribution in [0.2, 0.25) is 0 Å². The van der Waals surface area contributed by atoms with Gasteiger partial charge in [0.15, 0.2) is 0 Å². The lowest BCUT2D eigenvalue weighted by Gasteiger charge is -2.24. The topological polar surface area (TPSA) is 0 Å². The van der Waals surface area contributed by atoms with Crippen LogP contribution < -0.4 is 0 Å². The lowest BCUT2D eigenvalue weighted by atomic mass is 9.86. The molecule has 0 amide bonds. The van der Waals surface area contributed by atoms with Crippen LogP contribution in [0.3, 0.4) is 0 Å². The number of fused-ring (bicyclic) bond motifs is 1. The van der Waals surface area contributed by atoms with Gasteiger partial charge in [-0.1, -0.05) is 60.2 Å². The van der Waals surface area contributed by atoms with Crippen LogP contribution in [0.25, 0.3) is 10.1 Å². The Balaban J connectivity index is 1.87. The Morgan fingerprint density at radius 2 is 1.75 bits per heavy atom. The largest absolute Gasteiger partial charge is 0.142 e. The molecule has 0 nitrogen and oxygen atoms in total. The third-order valence-electron chi connectivity index (χ3n) is 4.44. The van der Waals surface area contributed by atoms with Crippen LogP contribution in [-0.2, 0) is 0 Å². The van der Waals surface area contributed by atoms with Crippen LogP contribution in [-0.4, -0.2) is 0 Å². The summed E-state index contributed by atoms with van der Waals surface area (Å²) in [5, 5.41) is 3.78. The molecule has 1 saturated carbocycles. The summed E-state index contributed by atoms with van der Waals surface area (Å²) in [5.74, 6) is 0.798. The molecule has 1 heterocycles. The first-order valence-corrected chi connectivity index (χ1v) is 10.2. The summed E-state index contributed by atoms with van der Waals surface area (Å²) in [7, 11) is 0. The Bertz CT molecular complexity index is 567. The summed E-state index contributed by atoms with van der Waals surface area (Å²) in [5.41, 5.74) is 1.50. The number of hydrogen-bond donors (Lipinski definition) is 0. The molecule has 0 N–H and O–H groups in total. The molecule has 2 aromatic rings. The van der Waals surface area contributed by atoms with Gasteiger partial charge in [0.2, 0.25) is 0 Å². The Kier molecular flexibility index (Phi) is 5.22. The van der Waals surface area contributed by atoms with E-state index in [1.54, 1.807) is 0 Å². The van der Waals surface area contributed by atoms with Crippen LogP contribution >= 0.6 is 43.2 Å². The highest BCUT2D eigenvalue weighted by Gasteiger charge is 2.23. The molecule has 1 atom stereocenters. The minimum atomic E-state index is 0.517. The van der Waals surface area contributed by atoms with E-state index in [0.717, 1.165) is 5.92 Å². The van der Waals surface area contributed by atoms with E-state index in [4.69, 9.17) is 0 Å². The molecule has 1 aliphatic rings. The Morgan fingerprint density at radius 3 is 2.50 bits per heavy atom. The van der Waals surface area contributed by atoms with Gasteiger partial charge < -0.3 is 0 Å². The number of benzene rings is 1. The predicted molar refractivity (Wildman–Crippen MR) is 97.0 cm³/mol. The molecule has 1 unspecified atom stereocenters. The number of thiophene rings is 1. The van der Waals surface area contributed by atoms with Crippen molar-refractivity contribution in [1.29, 1.82) is 0 Å². The minimum Gasteiger partial charge on any atom is -0.142 e. The molecular formula is C17H20Br2S. The van der Waals surface area contributed by atoms with Gasteiger partial charge in [0.1, 0.15) is 0 Å². The van der Waals surface area contributed by atoms with Gasteiger partial charge in [-0.25, -0.2) is 0 Å². The first-order valence-electron chi connectivity index (χ1n) is 7.57. The second kappa shape index (κ2) is 6.93. The van der Waals surface area contributed by atoms with Crippen molar-refractivity contribution in [3.8, 4) is 0 Å². The summed E-state index contributed by atoms with van der Waals surface area (Å²) in [6.45, 7) is 0. The maximum absolute atomic E-state index is 4.02. The molecule has 3 heteroatoms. The number of rotatable bonds is 2. The molecule has 1 aromatic carbocycles. The number of alkyl halides is 1. The Hall–Kier alpha value is 0.140. The summed E-state index contributed by atoms with van der Waals surface area (Å²) >= 11 is 9.56. The van der Waals surface area contributed by atoms with Crippen LogP contribution in [0, 0.1) is 5.92 Å². The zero-order chi connectivity index (χ0) is 13.9. The van der Waals surface area contributed by atoms with Gasteiger partial charge in [0, 0.05) is 14.0 Å². The van der Waals surface area contributed by atoms with Crippen LogP contribution in [0.1, 0.15) is 55.3 Å². The zero-order valence-corrected chi connectivity index (χ0v) is 15.6. The SMILES string of the molecule is Brc1cccc2c(C(Br)C3CCCCCCC3)csc12. The summed E-state index contributed by atoms with van der Waals surface area (Å²) in [6.07, 6.45) is 9.84. The second-order valence-electron chi connectivity index (χ2n) is 5.81. The van der Waals surface area contributed by atoms with E-state index in [0.29, 0.717) is 4.83 Å². The number of hydrogen-bond acceptors (Lipinski definition) is 1. The highest BCUT2D eigenvalue weighted by Crippen LogP contribution is 2.44. The number of halogens is 2. The highest BCUT2D eigenvalue weighted by molar-refractivity contribution is 9.10. The van der Waals surface area contributed by atoms with Gasteiger partial charge in [-0.05, 0) is 57.1 Å². The maximum atomic E-state index is 4.02. The van der Waals surface area contributed by atoms with E-state index in [1.165, 1.54) is 65.1 Å². The van der Waals surface area contributed by atoms with E-state index in [-0.39, 0.29) is 0 Å². The van der Waals surface area contributed by atoms with E-state index in [1.807, 2.05) is 11.3 Å². The Morgan fingerprint density at radius 1 is 1.05 bits per heavy atom. The van der Waals surface area contributed by atoms with Crippen molar-refractivity contribution in [3.63, 3.8) is 0 Å². The average molecular weight is 416 g/mol. The first-order chi connectivity index (χ1) is 9.77. The van der Waals surface area contributed by atoms with E-state index in [9.17, 15) is 0 Å². The Labute approximate surface area is 142 Å². The van der Waals surface area contributed by atoms with Crippen LogP contribution in [0.4, 0.5) is 0 Å². The second-order valence-corrected chi connectivity index (χ2v) is 8.54. The van der Waals surface area contributed by atoms with Crippen LogP contribution in [0.15, 0.2) is 28.1 Å². The predicted octanol–water partition coefficient (Wildman–Crippen LogP) is 7.46. The van der Waals surface area contributed by atoms with Gasteiger partial charge in [0.05, 0.1) is 0 Å². The molecule has 0 bridgehead atoms. The van der Waals surface area contributed by atoms with Gasteiger partial charge >= 0.3 is 0 Å². The lowest BCUT2D eigenvalue weighted by Crippen LogP contribution is -2.09. The van der Waals surface area contributed by atoms with Crippen molar-refractivity contribution in [3.05, 3.63) is 33.6 Å². The molecule has 20 heavy (non-hydrogen) atoms. The normalized spacial score (nSPS) is 19.7. The molecule has 0 radical (unpaired) electrons. The average Bonchev–Trinajstić information content (AvgIpc) is 2.83. The fourth-order valence-corrected chi connectivity index (χ4v) is 6.03. The van der Waals surface area contributed by atoms with Gasteiger partial charge in [-0.3, -0.25) is 0 Å². The molecule has 1 fully saturated rings. The van der Waals surface area contributed by atoms with Crippen molar-refractivity contribution in [2.75, 3.05) is 0 Å². The maximum Gasteiger partial charge on any atom is 0.0488 e. The fraction of sp³-hybridized carbons (Fsp3) is 0.529. The first kappa shape index (κ1) is 15.1. The molecule has 108 valence electrons. The van der Waals surface area contributed by atoms with Crippen molar-refractivity contribution in [1.82, 2.24) is 0 Å². The zero-order valence-electron chi connectivity index (χ0n) is 11.6. The summed E-state index contributed by atoms with van der Waals surface area (Å²) in [6, 6.07) is 6.56. The van der Waals surface area contributed by atoms with Crippen molar-refractivity contribution in [2.45, 2.75) is 49.8 Å². The summed E-state index contributed by atoms with van der Waals surface area (Å²) in [4.78, 5) is 0.517. The monoisotopic (exact) mass is 414 g/mol. The summed E-state index contributed by atoms with van der Waals surface area (Å²) < 4.78 is 2.61. The molecule has 0 spiro atoms. The lowest BCUT2D eigenvalue weighted by molar-refractivity contribution is 0.375.